The highest BCUT2D eigenvalue weighted by Crippen LogP contribution is 2.43. The van der Waals surface area contributed by atoms with E-state index in [1.165, 1.54) is 6.92 Å². The molecule has 1 unspecified atom stereocenters. The van der Waals surface area contributed by atoms with Crippen molar-refractivity contribution < 1.29 is 14.7 Å². The fourth-order valence-corrected chi connectivity index (χ4v) is 3.23. The van der Waals surface area contributed by atoms with Crippen LogP contribution < -0.4 is 4.90 Å². The number of ketones is 1. The fourth-order valence-electron chi connectivity index (χ4n) is 3.23. The first-order chi connectivity index (χ1) is 11.3. The molecule has 1 aliphatic rings. The van der Waals surface area contributed by atoms with E-state index in [0.29, 0.717) is 17.8 Å². The maximum absolute atomic E-state index is 12.9. The van der Waals surface area contributed by atoms with Gasteiger partial charge in [0.25, 0.3) is 5.91 Å². The summed E-state index contributed by atoms with van der Waals surface area (Å²) in [5, 5.41) is 11.0. The summed E-state index contributed by atoms with van der Waals surface area (Å²) >= 11 is 0. The van der Waals surface area contributed by atoms with Crippen molar-refractivity contribution in [3.05, 3.63) is 64.7 Å². The average Bonchev–Trinajstić information content (AvgIpc) is 2.71. The minimum atomic E-state index is -1.77. The predicted octanol–water partition coefficient (Wildman–Crippen LogP) is 3.02. The van der Waals surface area contributed by atoms with Crippen molar-refractivity contribution in [2.45, 2.75) is 39.3 Å². The molecule has 1 amide bonds. The lowest BCUT2D eigenvalue weighted by Gasteiger charge is -2.22. The van der Waals surface area contributed by atoms with Crippen LogP contribution in [0.3, 0.4) is 0 Å². The molecule has 1 heterocycles. The quantitative estimate of drug-likeness (QED) is 0.941. The summed E-state index contributed by atoms with van der Waals surface area (Å²) in [7, 11) is 0. The van der Waals surface area contributed by atoms with Gasteiger partial charge in [-0.25, -0.2) is 0 Å². The summed E-state index contributed by atoms with van der Waals surface area (Å²) in [5.74, 6) is -0.644. The zero-order chi connectivity index (χ0) is 17.5. The van der Waals surface area contributed by atoms with Gasteiger partial charge in [-0.1, -0.05) is 47.5 Å². The van der Waals surface area contributed by atoms with Crippen molar-refractivity contribution in [1.29, 1.82) is 0 Å². The van der Waals surface area contributed by atoms with E-state index in [-0.39, 0.29) is 12.2 Å². The predicted molar refractivity (Wildman–Crippen MR) is 92.7 cm³/mol. The zero-order valence-electron chi connectivity index (χ0n) is 14.2. The average molecular weight is 323 g/mol. The first kappa shape index (κ1) is 16.4. The fraction of sp³-hybridized carbons (Fsp3) is 0.300. The smallest absolute Gasteiger partial charge is 0.264 e. The van der Waals surface area contributed by atoms with Gasteiger partial charge in [-0.15, -0.1) is 0 Å². The first-order valence-electron chi connectivity index (χ1n) is 8.02. The lowest BCUT2D eigenvalue weighted by Crippen LogP contribution is -2.41. The van der Waals surface area contributed by atoms with Crippen molar-refractivity contribution in [3.8, 4) is 0 Å². The highest BCUT2D eigenvalue weighted by molar-refractivity contribution is 6.08. The second-order valence-corrected chi connectivity index (χ2v) is 6.64. The van der Waals surface area contributed by atoms with E-state index < -0.39 is 11.5 Å². The molecular formula is C20H21NO3. The number of aliphatic hydroxyl groups is 1. The van der Waals surface area contributed by atoms with Gasteiger partial charge in [0, 0.05) is 12.0 Å². The number of Topliss-reactive ketones (excluding diaryl/α,β-unsaturated/α-hetero) is 1. The Morgan fingerprint density at radius 3 is 2.33 bits per heavy atom. The lowest BCUT2D eigenvalue weighted by molar-refractivity contribution is -0.141. The topological polar surface area (TPSA) is 57.6 Å². The van der Waals surface area contributed by atoms with Gasteiger partial charge in [0.2, 0.25) is 0 Å². The molecule has 0 radical (unpaired) electrons. The second kappa shape index (κ2) is 5.87. The van der Waals surface area contributed by atoms with Gasteiger partial charge in [0.05, 0.1) is 12.2 Å². The third-order valence-corrected chi connectivity index (χ3v) is 4.45. The molecule has 0 bridgehead atoms. The Kier molecular flexibility index (Phi) is 4.01. The Labute approximate surface area is 141 Å². The van der Waals surface area contributed by atoms with E-state index in [9.17, 15) is 14.7 Å². The zero-order valence-corrected chi connectivity index (χ0v) is 14.2. The number of anilines is 1. The summed E-state index contributed by atoms with van der Waals surface area (Å²) in [6, 6.07) is 13.5. The number of amides is 1. The van der Waals surface area contributed by atoms with Crippen LogP contribution in [0.15, 0.2) is 42.5 Å². The second-order valence-electron chi connectivity index (χ2n) is 6.64. The largest absolute Gasteiger partial charge is 0.375 e. The first-order valence-corrected chi connectivity index (χ1v) is 8.02. The molecule has 4 nitrogen and oxygen atoms in total. The highest BCUT2D eigenvalue weighted by atomic mass is 16.3. The van der Waals surface area contributed by atoms with Gasteiger partial charge in [-0.3, -0.25) is 9.59 Å². The molecule has 0 saturated heterocycles. The minimum absolute atomic E-state index is 0.202. The number of carbonyl (C=O) groups is 2. The lowest BCUT2D eigenvalue weighted by atomic mass is 9.89. The van der Waals surface area contributed by atoms with E-state index in [1.807, 2.05) is 50.2 Å². The van der Waals surface area contributed by atoms with E-state index >= 15 is 0 Å². The maximum atomic E-state index is 12.9. The van der Waals surface area contributed by atoms with Crippen LogP contribution in [0.1, 0.15) is 35.6 Å². The molecule has 124 valence electrons. The molecular weight excluding hydrogens is 302 g/mol. The molecule has 2 aromatic rings. The third kappa shape index (κ3) is 2.74. The molecule has 0 fully saturated rings. The SMILES string of the molecule is CC(=O)CC1(O)C(=O)N(Cc2ccc(C)cc2)c2ccc(C)cc21. The van der Waals surface area contributed by atoms with E-state index in [0.717, 1.165) is 16.7 Å². The van der Waals surface area contributed by atoms with Crippen LogP contribution in [0, 0.1) is 13.8 Å². The Balaban J connectivity index is 2.04. The molecule has 0 saturated carbocycles. The molecule has 1 atom stereocenters. The molecule has 3 rings (SSSR count). The van der Waals surface area contributed by atoms with E-state index in [4.69, 9.17) is 0 Å². The van der Waals surface area contributed by atoms with E-state index in [2.05, 4.69) is 0 Å². The van der Waals surface area contributed by atoms with Gasteiger partial charge >= 0.3 is 0 Å². The molecule has 0 aliphatic carbocycles. The standard InChI is InChI=1S/C20H21NO3/c1-13-4-7-16(8-5-13)12-21-18-9-6-14(2)10-17(18)20(24,19(21)23)11-15(3)22/h4-10,24H,11-12H2,1-3H3. The normalized spacial score (nSPS) is 19.5. The summed E-state index contributed by atoms with van der Waals surface area (Å²) in [5.41, 5.74) is 2.51. The summed E-state index contributed by atoms with van der Waals surface area (Å²) in [6.45, 7) is 5.68. The van der Waals surface area contributed by atoms with Crippen molar-refractivity contribution in [1.82, 2.24) is 0 Å². The number of fused-ring (bicyclic) bond motifs is 1. The van der Waals surface area contributed by atoms with Gasteiger partial charge in [-0.05, 0) is 32.4 Å². The van der Waals surface area contributed by atoms with Crippen LogP contribution in [0.25, 0.3) is 0 Å². The molecule has 24 heavy (non-hydrogen) atoms. The number of hydrogen-bond acceptors (Lipinski definition) is 3. The van der Waals surface area contributed by atoms with Crippen molar-refractivity contribution in [2.24, 2.45) is 0 Å². The molecule has 4 heteroatoms. The molecule has 1 N–H and O–H groups in total. The Morgan fingerprint density at radius 2 is 1.71 bits per heavy atom. The van der Waals surface area contributed by atoms with Gasteiger partial charge < -0.3 is 10.0 Å². The van der Waals surface area contributed by atoms with Crippen molar-refractivity contribution >= 4 is 17.4 Å². The molecule has 2 aromatic carbocycles. The van der Waals surface area contributed by atoms with Crippen LogP contribution in [0.2, 0.25) is 0 Å². The highest BCUT2D eigenvalue weighted by Gasteiger charge is 2.50. The van der Waals surface area contributed by atoms with Crippen LogP contribution in [-0.2, 0) is 21.7 Å². The Hall–Kier alpha value is -2.46. The van der Waals surface area contributed by atoms with Gasteiger partial charge in [-0.2, -0.15) is 0 Å². The van der Waals surface area contributed by atoms with Crippen molar-refractivity contribution in [2.75, 3.05) is 4.90 Å². The van der Waals surface area contributed by atoms with Gasteiger partial charge in [0.1, 0.15) is 5.78 Å². The minimum Gasteiger partial charge on any atom is -0.375 e. The molecule has 0 spiro atoms. The Bertz CT molecular complexity index is 810. The number of rotatable bonds is 4. The molecule has 1 aliphatic heterocycles. The summed E-state index contributed by atoms with van der Waals surface area (Å²) in [6.07, 6.45) is -0.202. The van der Waals surface area contributed by atoms with Crippen LogP contribution >= 0.6 is 0 Å². The van der Waals surface area contributed by atoms with E-state index in [1.54, 1.807) is 11.0 Å². The number of benzene rings is 2. The summed E-state index contributed by atoms with van der Waals surface area (Å²) in [4.78, 5) is 26.1. The number of aryl methyl sites for hydroxylation is 2. The number of carbonyl (C=O) groups excluding carboxylic acids is 2. The monoisotopic (exact) mass is 323 g/mol. The molecule has 0 aromatic heterocycles. The van der Waals surface area contributed by atoms with Crippen LogP contribution in [0.5, 0.6) is 0 Å². The Morgan fingerprint density at radius 1 is 1.08 bits per heavy atom. The maximum Gasteiger partial charge on any atom is 0.264 e. The number of hydrogen-bond donors (Lipinski definition) is 1. The van der Waals surface area contributed by atoms with Crippen LogP contribution in [-0.4, -0.2) is 16.8 Å². The number of nitrogens with zero attached hydrogens (tertiary/aromatic N) is 1. The van der Waals surface area contributed by atoms with Crippen molar-refractivity contribution in [3.63, 3.8) is 0 Å². The van der Waals surface area contributed by atoms with Gasteiger partial charge in [0.15, 0.2) is 5.60 Å². The van der Waals surface area contributed by atoms with Crippen LogP contribution in [0.4, 0.5) is 5.69 Å². The summed E-state index contributed by atoms with van der Waals surface area (Å²) < 4.78 is 0. The third-order valence-electron chi connectivity index (χ3n) is 4.45.